The Morgan fingerprint density at radius 2 is 1.73 bits per heavy atom. The lowest BCUT2D eigenvalue weighted by atomic mass is 9.80. The first-order valence-electron chi connectivity index (χ1n) is 13.6. The van der Waals surface area contributed by atoms with E-state index < -0.39 is 60.1 Å². The Balaban J connectivity index is 1.38. The molecule has 1 aliphatic carbocycles. The topological polar surface area (TPSA) is 61.4 Å². The molecule has 10 heteroatoms. The Morgan fingerprint density at radius 1 is 1.05 bits per heavy atom. The number of halogens is 5. The lowest BCUT2D eigenvalue weighted by Gasteiger charge is -2.35. The van der Waals surface area contributed by atoms with Crippen LogP contribution in [-0.4, -0.2) is 47.8 Å². The van der Waals surface area contributed by atoms with Crippen molar-refractivity contribution in [1.29, 1.82) is 0 Å². The summed E-state index contributed by atoms with van der Waals surface area (Å²) in [4.78, 5) is 28.1. The van der Waals surface area contributed by atoms with Crippen LogP contribution >= 0.6 is 11.6 Å². The monoisotopic (exact) mass is 581 g/mol. The van der Waals surface area contributed by atoms with Gasteiger partial charge in [0, 0.05) is 60.9 Å². The van der Waals surface area contributed by atoms with Gasteiger partial charge in [0.15, 0.2) is 0 Å². The molecular weight excluding hydrogens is 546 g/mol. The largest absolute Gasteiger partial charge is 0.356 e. The van der Waals surface area contributed by atoms with Crippen molar-refractivity contribution in [2.45, 2.75) is 69.9 Å². The summed E-state index contributed by atoms with van der Waals surface area (Å²) < 4.78 is 54.8. The standard InChI is InChI=1S/C30H36ClF4N3O2/c1-29(2,3)38-16-23(22-11-10-21(32)13-25(22)33)24(17-38)28(40)36-12-4-5-26(18-6-8-20(31)9-7-18)37-27(39)19-14-30(34,35)15-19/h6-11,13,19,23-24,26H,4-5,12,14-17H2,1-3H3,(H,36,40)(H,37,39)/t23-,24+,26-/m0/s1. The third kappa shape index (κ3) is 7.35. The first-order chi connectivity index (χ1) is 18.7. The SMILES string of the molecule is CC(C)(C)N1C[C@@H](C(=O)NCCC[C@H](NC(=O)C2CC(F)(F)C2)c2ccc(Cl)cc2)[C@H](c2ccc(F)cc2F)C1. The first kappa shape index (κ1) is 30.3. The number of alkyl halides is 2. The van der Waals surface area contributed by atoms with Gasteiger partial charge in [-0.2, -0.15) is 0 Å². The van der Waals surface area contributed by atoms with E-state index in [9.17, 15) is 27.2 Å². The predicted molar refractivity (Wildman–Crippen MR) is 146 cm³/mol. The highest BCUT2D eigenvalue weighted by atomic mass is 35.5. The van der Waals surface area contributed by atoms with Crippen molar-refractivity contribution < 1.29 is 27.2 Å². The third-order valence-electron chi connectivity index (χ3n) is 7.99. The quantitative estimate of drug-likeness (QED) is 0.273. The van der Waals surface area contributed by atoms with Crippen molar-refractivity contribution in [3.05, 3.63) is 70.2 Å². The summed E-state index contributed by atoms with van der Waals surface area (Å²) in [7, 11) is 0. The lowest BCUT2D eigenvalue weighted by Crippen LogP contribution is -2.46. The Morgan fingerprint density at radius 3 is 2.33 bits per heavy atom. The zero-order chi connectivity index (χ0) is 29.2. The highest BCUT2D eigenvalue weighted by Gasteiger charge is 2.49. The number of carbonyl (C=O) groups is 2. The number of rotatable bonds is 9. The molecule has 5 nitrogen and oxygen atoms in total. The van der Waals surface area contributed by atoms with Gasteiger partial charge in [0.1, 0.15) is 11.6 Å². The van der Waals surface area contributed by atoms with E-state index in [1.165, 1.54) is 12.1 Å². The number of hydrogen-bond acceptors (Lipinski definition) is 3. The zero-order valence-corrected chi connectivity index (χ0v) is 23.7. The number of nitrogens with zero attached hydrogens (tertiary/aromatic N) is 1. The van der Waals surface area contributed by atoms with Crippen molar-refractivity contribution in [2.75, 3.05) is 19.6 Å². The van der Waals surface area contributed by atoms with Gasteiger partial charge in [-0.25, -0.2) is 17.6 Å². The minimum Gasteiger partial charge on any atom is -0.356 e. The van der Waals surface area contributed by atoms with Crippen LogP contribution in [0.3, 0.4) is 0 Å². The molecule has 0 unspecified atom stereocenters. The van der Waals surface area contributed by atoms with Crippen molar-refractivity contribution in [3.8, 4) is 0 Å². The smallest absolute Gasteiger partial charge is 0.249 e. The zero-order valence-electron chi connectivity index (χ0n) is 23.0. The van der Waals surface area contributed by atoms with E-state index in [1.807, 2.05) is 20.8 Å². The van der Waals surface area contributed by atoms with Gasteiger partial charge in [0.2, 0.25) is 17.7 Å². The molecule has 4 rings (SSSR count). The maximum Gasteiger partial charge on any atom is 0.249 e. The van der Waals surface area contributed by atoms with E-state index in [-0.39, 0.29) is 11.4 Å². The molecule has 2 amide bonds. The van der Waals surface area contributed by atoms with Gasteiger partial charge in [-0.15, -0.1) is 0 Å². The van der Waals surface area contributed by atoms with E-state index in [1.54, 1.807) is 24.3 Å². The summed E-state index contributed by atoms with van der Waals surface area (Å²) in [6, 6.07) is 10.0. The van der Waals surface area contributed by atoms with Crippen LogP contribution in [0.5, 0.6) is 0 Å². The Hall–Kier alpha value is -2.65. The molecule has 2 aromatic carbocycles. The van der Waals surface area contributed by atoms with Crippen LogP contribution in [0.2, 0.25) is 5.02 Å². The number of hydrogen-bond donors (Lipinski definition) is 2. The molecule has 2 N–H and O–H groups in total. The van der Waals surface area contributed by atoms with Gasteiger partial charge < -0.3 is 10.6 Å². The van der Waals surface area contributed by atoms with Gasteiger partial charge in [0.25, 0.3) is 0 Å². The van der Waals surface area contributed by atoms with Gasteiger partial charge in [-0.1, -0.05) is 29.8 Å². The molecule has 1 aliphatic heterocycles. The normalized spacial score (nSPS) is 22.0. The number of nitrogens with one attached hydrogen (secondary N) is 2. The number of amides is 2. The summed E-state index contributed by atoms with van der Waals surface area (Å²) in [5, 5.41) is 6.38. The molecule has 1 saturated heterocycles. The third-order valence-corrected chi connectivity index (χ3v) is 8.24. The van der Waals surface area contributed by atoms with Crippen LogP contribution in [0.15, 0.2) is 42.5 Å². The highest BCUT2D eigenvalue weighted by molar-refractivity contribution is 6.30. The summed E-state index contributed by atoms with van der Waals surface area (Å²) >= 11 is 6.01. The Labute approximate surface area is 237 Å². The van der Waals surface area contributed by atoms with Gasteiger partial charge >= 0.3 is 0 Å². The number of likely N-dealkylation sites (tertiary alicyclic amines) is 1. The molecule has 0 bridgehead atoms. The van der Waals surface area contributed by atoms with Crippen molar-refractivity contribution >= 4 is 23.4 Å². The van der Waals surface area contributed by atoms with Crippen molar-refractivity contribution in [2.24, 2.45) is 11.8 Å². The van der Waals surface area contributed by atoms with Crippen LogP contribution in [0.25, 0.3) is 0 Å². The van der Waals surface area contributed by atoms with Crippen LogP contribution in [-0.2, 0) is 9.59 Å². The Bertz CT molecular complexity index is 1210. The fourth-order valence-corrected chi connectivity index (χ4v) is 5.66. The molecule has 2 fully saturated rings. The second-order valence-electron chi connectivity index (χ2n) is 12.0. The molecular formula is C30H36ClF4N3O2. The van der Waals surface area contributed by atoms with Gasteiger partial charge in [-0.3, -0.25) is 14.5 Å². The minimum absolute atomic E-state index is 0.218. The molecule has 1 saturated carbocycles. The van der Waals surface area contributed by atoms with Crippen LogP contribution in [0.4, 0.5) is 17.6 Å². The molecule has 3 atom stereocenters. The molecule has 40 heavy (non-hydrogen) atoms. The van der Waals surface area contributed by atoms with E-state index in [0.29, 0.717) is 43.1 Å². The summed E-state index contributed by atoms with van der Waals surface area (Å²) in [5.41, 5.74) is 0.872. The average molecular weight is 582 g/mol. The van der Waals surface area contributed by atoms with Gasteiger partial charge in [0.05, 0.1) is 12.0 Å². The molecule has 0 radical (unpaired) electrons. The van der Waals surface area contributed by atoms with Gasteiger partial charge in [-0.05, 0) is 62.9 Å². The predicted octanol–water partition coefficient (Wildman–Crippen LogP) is 6.23. The number of carbonyl (C=O) groups excluding carboxylic acids is 2. The van der Waals surface area contributed by atoms with Crippen molar-refractivity contribution in [3.63, 3.8) is 0 Å². The van der Waals surface area contributed by atoms with E-state index in [0.717, 1.165) is 11.6 Å². The van der Waals surface area contributed by atoms with E-state index in [4.69, 9.17) is 11.6 Å². The Kier molecular flexibility index (Phi) is 9.15. The van der Waals surface area contributed by atoms with Crippen LogP contribution in [0.1, 0.15) is 69.5 Å². The molecule has 2 aromatic rings. The summed E-state index contributed by atoms with van der Waals surface area (Å²) in [6.45, 7) is 7.30. The van der Waals surface area contributed by atoms with Crippen LogP contribution < -0.4 is 10.6 Å². The summed E-state index contributed by atoms with van der Waals surface area (Å²) in [5.74, 6) is -6.42. The van der Waals surface area contributed by atoms with Crippen molar-refractivity contribution in [1.82, 2.24) is 15.5 Å². The lowest BCUT2D eigenvalue weighted by molar-refractivity contribution is -0.150. The molecule has 2 aliphatic rings. The highest BCUT2D eigenvalue weighted by Crippen LogP contribution is 2.43. The second-order valence-corrected chi connectivity index (χ2v) is 12.4. The molecule has 1 heterocycles. The maximum atomic E-state index is 14.7. The first-order valence-corrected chi connectivity index (χ1v) is 14.0. The second kappa shape index (κ2) is 12.1. The fourth-order valence-electron chi connectivity index (χ4n) is 5.54. The minimum atomic E-state index is -2.79. The summed E-state index contributed by atoms with van der Waals surface area (Å²) in [6.07, 6.45) is 0.0625. The van der Waals surface area contributed by atoms with E-state index >= 15 is 0 Å². The molecule has 218 valence electrons. The maximum absolute atomic E-state index is 14.7. The number of benzene rings is 2. The fraction of sp³-hybridized carbons (Fsp3) is 0.533. The molecule has 0 spiro atoms. The average Bonchev–Trinajstić information content (AvgIpc) is 3.30. The van der Waals surface area contributed by atoms with E-state index in [2.05, 4.69) is 15.5 Å². The molecule has 0 aromatic heterocycles. The van der Waals surface area contributed by atoms with Crippen LogP contribution in [0, 0.1) is 23.5 Å².